The minimum absolute atomic E-state index is 0.0662. The van der Waals surface area contributed by atoms with Gasteiger partial charge in [-0.3, -0.25) is 0 Å². The van der Waals surface area contributed by atoms with Gasteiger partial charge in [0.25, 0.3) is 0 Å². The van der Waals surface area contributed by atoms with Crippen molar-refractivity contribution in [1.82, 2.24) is 0 Å². The minimum Gasteiger partial charge on any atom is -0.478 e. The molecule has 0 bridgehead atoms. The van der Waals surface area contributed by atoms with Crippen molar-refractivity contribution in [2.75, 3.05) is 0 Å². The predicted octanol–water partition coefficient (Wildman–Crippen LogP) is 2.86. The molecule has 0 unspecified atom stereocenters. The van der Waals surface area contributed by atoms with E-state index in [1.807, 2.05) is 0 Å². The zero-order valence-corrected chi connectivity index (χ0v) is 10.7. The predicted molar refractivity (Wildman–Crippen MR) is 74.8 cm³/mol. The van der Waals surface area contributed by atoms with Crippen LogP contribution in [0.15, 0.2) is 42.5 Å². The smallest absolute Gasteiger partial charge is 0.335 e. The van der Waals surface area contributed by atoms with Gasteiger partial charge in [0.1, 0.15) is 11.5 Å². The molecule has 0 radical (unpaired) electrons. The fourth-order valence-corrected chi connectivity index (χ4v) is 1.66. The van der Waals surface area contributed by atoms with Gasteiger partial charge in [0.05, 0.1) is 16.7 Å². The Morgan fingerprint density at radius 2 is 1.52 bits per heavy atom. The average Bonchev–Trinajstić information content (AvgIpc) is 2.48. The van der Waals surface area contributed by atoms with E-state index in [9.17, 15) is 9.59 Å². The maximum Gasteiger partial charge on any atom is 0.335 e. The van der Waals surface area contributed by atoms with Crippen LogP contribution in [-0.4, -0.2) is 22.2 Å². The number of hydrogen-bond donors (Lipinski definition) is 2. The van der Waals surface area contributed by atoms with Crippen LogP contribution < -0.4 is 4.74 Å². The molecule has 5 nitrogen and oxygen atoms in total. The standard InChI is InChI=1S/C16H10O5/c1-2-10-9-12(16(19)20)5-8-14(10)21-13-6-3-11(4-7-13)15(17)18/h1,3-9H,(H,17,18)(H,19,20). The van der Waals surface area contributed by atoms with E-state index in [-0.39, 0.29) is 11.1 Å². The summed E-state index contributed by atoms with van der Waals surface area (Å²) in [4.78, 5) is 21.6. The Morgan fingerprint density at radius 3 is 2.05 bits per heavy atom. The van der Waals surface area contributed by atoms with E-state index in [1.165, 1.54) is 42.5 Å². The highest BCUT2D eigenvalue weighted by Crippen LogP contribution is 2.26. The van der Waals surface area contributed by atoms with Crippen molar-refractivity contribution < 1.29 is 24.5 Å². The summed E-state index contributed by atoms with van der Waals surface area (Å²) in [6, 6.07) is 9.97. The molecule has 0 heterocycles. The second kappa shape index (κ2) is 5.80. The molecule has 0 aliphatic rings. The highest BCUT2D eigenvalue weighted by atomic mass is 16.5. The Kier molecular flexibility index (Phi) is 3.91. The van der Waals surface area contributed by atoms with Crippen LogP contribution >= 0.6 is 0 Å². The average molecular weight is 282 g/mol. The number of ether oxygens (including phenoxy) is 1. The summed E-state index contributed by atoms with van der Waals surface area (Å²) in [6.07, 6.45) is 5.34. The quantitative estimate of drug-likeness (QED) is 0.842. The van der Waals surface area contributed by atoms with Crippen molar-refractivity contribution in [1.29, 1.82) is 0 Å². The molecular weight excluding hydrogens is 272 g/mol. The van der Waals surface area contributed by atoms with E-state index in [2.05, 4.69) is 5.92 Å². The van der Waals surface area contributed by atoms with Crippen LogP contribution in [0.2, 0.25) is 0 Å². The lowest BCUT2D eigenvalue weighted by Crippen LogP contribution is -1.98. The summed E-state index contributed by atoms with van der Waals surface area (Å²) in [5.41, 5.74) is 0.509. The molecule has 5 heteroatoms. The summed E-state index contributed by atoms with van der Waals surface area (Å²) in [5.74, 6) is 0.975. The maximum atomic E-state index is 10.9. The third-order valence-electron chi connectivity index (χ3n) is 2.71. The number of hydrogen-bond acceptors (Lipinski definition) is 3. The number of terminal acetylenes is 1. The monoisotopic (exact) mass is 282 g/mol. The topological polar surface area (TPSA) is 83.8 Å². The Labute approximate surface area is 120 Å². The van der Waals surface area contributed by atoms with Gasteiger partial charge in [0.15, 0.2) is 0 Å². The Morgan fingerprint density at radius 1 is 0.952 bits per heavy atom. The van der Waals surface area contributed by atoms with E-state index in [1.54, 1.807) is 0 Å². The summed E-state index contributed by atoms with van der Waals surface area (Å²) >= 11 is 0. The van der Waals surface area contributed by atoms with Gasteiger partial charge in [0.2, 0.25) is 0 Å². The van der Waals surface area contributed by atoms with E-state index >= 15 is 0 Å². The van der Waals surface area contributed by atoms with Crippen molar-refractivity contribution >= 4 is 11.9 Å². The molecule has 2 rings (SSSR count). The molecule has 2 aromatic rings. The third-order valence-corrected chi connectivity index (χ3v) is 2.71. The van der Waals surface area contributed by atoms with Gasteiger partial charge < -0.3 is 14.9 Å². The summed E-state index contributed by atoms with van der Waals surface area (Å²) in [6.45, 7) is 0. The van der Waals surface area contributed by atoms with Gasteiger partial charge in [-0.2, -0.15) is 0 Å². The van der Waals surface area contributed by atoms with Crippen molar-refractivity contribution in [3.05, 3.63) is 59.2 Å². The van der Waals surface area contributed by atoms with Crippen LogP contribution in [0.4, 0.5) is 0 Å². The number of carboxylic acids is 2. The molecule has 0 amide bonds. The Bertz CT molecular complexity index is 738. The molecule has 0 saturated heterocycles. The van der Waals surface area contributed by atoms with Gasteiger partial charge >= 0.3 is 11.9 Å². The number of benzene rings is 2. The van der Waals surface area contributed by atoms with Crippen molar-refractivity contribution in [3.63, 3.8) is 0 Å². The molecular formula is C16H10O5. The fraction of sp³-hybridized carbons (Fsp3) is 0. The first-order valence-corrected chi connectivity index (χ1v) is 5.86. The Hall–Kier alpha value is -3.26. The van der Waals surface area contributed by atoms with Crippen LogP contribution in [0.5, 0.6) is 11.5 Å². The fourth-order valence-electron chi connectivity index (χ4n) is 1.66. The number of carboxylic acid groups (broad SMARTS) is 2. The lowest BCUT2D eigenvalue weighted by molar-refractivity contribution is 0.0686. The normalized spacial score (nSPS) is 9.67. The number of aromatic carboxylic acids is 2. The van der Waals surface area contributed by atoms with Crippen molar-refractivity contribution in [2.24, 2.45) is 0 Å². The van der Waals surface area contributed by atoms with Crippen LogP contribution in [0.25, 0.3) is 0 Å². The number of rotatable bonds is 4. The van der Waals surface area contributed by atoms with E-state index in [0.29, 0.717) is 17.1 Å². The molecule has 0 aliphatic heterocycles. The van der Waals surface area contributed by atoms with Crippen LogP contribution in [0.1, 0.15) is 26.3 Å². The highest BCUT2D eigenvalue weighted by molar-refractivity contribution is 5.88. The van der Waals surface area contributed by atoms with Crippen molar-refractivity contribution in [2.45, 2.75) is 0 Å². The summed E-state index contributed by atoms with van der Waals surface area (Å²) in [5, 5.41) is 17.7. The molecule has 21 heavy (non-hydrogen) atoms. The third kappa shape index (κ3) is 3.19. The first-order chi connectivity index (χ1) is 10.0. The molecule has 0 aromatic heterocycles. The molecule has 0 saturated carbocycles. The molecule has 0 spiro atoms. The van der Waals surface area contributed by atoms with E-state index in [4.69, 9.17) is 21.4 Å². The van der Waals surface area contributed by atoms with Gasteiger partial charge in [-0.25, -0.2) is 9.59 Å². The molecule has 0 aliphatic carbocycles. The van der Waals surface area contributed by atoms with Gasteiger partial charge in [-0.05, 0) is 42.5 Å². The van der Waals surface area contributed by atoms with E-state index in [0.717, 1.165) is 0 Å². The van der Waals surface area contributed by atoms with Gasteiger partial charge in [-0.1, -0.05) is 5.92 Å². The minimum atomic E-state index is -1.08. The van der Waals surface area contributed by atoms with Crippen molar-refractivity contribution in [3.8, 4) is 23.8 Å². The largest absolute Gasteiger partial charge is 0.478 e. The second-order valence-corrected chi connectivity index (χ2v) is 4.09. The highest BCUT2D eigenvalue weighted by Gasteiger charge is 2.09. The van der Waals surface area contributed by atoms with Crippen LogP contribution in [0, 0.1) is 12.3 Å². The molecule has 0 atom stereocenters. The molecule has 104 valence electrons. The van der Waals surface area contributed by atoms with E-state index < -0.39 is 11.9 Å². The van der Waals surface area contributed by atoms with Gasteiger partial charge in [-0.15, -0.1) is 6.42 Å². The number of carbonyl (C=O) groups is 2. The summed E-state index contributed by atoms with van der Waals surface area (Å²) < 4.78 is 5.54. The van der Waals surface area contributed by atoms with Crippen LogP contribution in [0.3, 0.4) is 0 Å². The Balaban J connectivity index is 2.29. The summed E-state index contributed by atoms with van der Waals surface area (Å²) in [7, 11) is 0. The molecule has 2 N–H and O–H groups in total. The first kappa shape index (κ1) is 14.2. The zero-order chi connectivity index (χ0) is 15.4. The van der Waals surface area contributed by atoms with Crippen LogP contribution in [-0.2, 0) is 0 Å². The lowest BCUT2D eigenvalue weighted by Gasteiger charge is -2.09. The first-order valence-electron chi connectivity index (χ1n) is 5.86. The molecule has 2 aromatic carbocycles. The second-order valence-electron chi connectivity index (χ2n) is 4.09. The zero-order valence-electron chi connectivity index (χ0n) is 10.7. The lowest BCUT2D eigenvalue weighted by atomic mass is 10.1. The SMILES string of the molecule is C#Cc1cc(C(=O)O)ccc1Oc1ccc(C(=O)O)cc1. The molecule has 0 fully saturated rings. The maximum absolute atomic E-state index is 10.9. The van der Waals surface area contributed by atoms with Gasteiger partial charge in [0, 0.05) is 0 Å².